The molecule has 0 aliphatic carbocycles. The normalized spacial score (nSPS) is 16.3. The Kier molecular flexibility index (Phi) is 7.55. The minimum Gasteiger partial charge on any atom is -0.491 e. The number of fused-ring (bicyclic) bond motifs is 1. The third-order valence-corrected chi connectivity index (χ3v) is 8.81. The van der Waals surface area contributed by atoms with Crippen LogP contribution in [-0.2, 0) is 14.8 Å². The number of rotatable bonds is 8. The Labute approximate surface area is 232 Å². The molecule has 4 aromatic rings. The molecule has 39 heavy (non-hydrogen) atoms. The summed E-state index contributed by atoms with van der Waals surface area (Å²) in [6, 6.07) is 20.6. The predicted octanol–water partition coefficient (Wildman–Crippen LogP) is 4.12. The van der Waals surface area contributed by atoms with Crippen LogP contribution in [0.2, 0.25) is 5.02 Å². The number of primary amides is 1. The van der Waals surface area contributed by atoms with E-state index < -0.39 is 22.0 Å². The van der Waals surface area contributed by atoms with Crippen LogP contribution in [0.1, 0.15) is 10.5 Å². The minimum absolute atomic E-state index is 0.0539. The Bertz CT molecular complexity index is 1640. The number of carbonyl (C=O) groups is 1. The number of anilines is 1. The van der Waals surface area contributed by atoms with Gasteiger partial charge in [-0.3, -0.25) is 4.79 Å². The molecule has 1 amide bonds. The van der Waals surface area contributed by atoms with E-state index in [-0.39, 0.29) is 36.9 Å². The number of nitrogens with zero attached hydrogens (tertiary/aromatic N) is 2. The number of nitrogens with two attached hydrogens (primary N) is 1. The molecule has 11 heteroatoms. The number of nitrogens with one attached hydrogen (secondary N) is 1. The summed E-state index contributed by atoms with van der Waals surface area (Å²) >= 11 is 6.13. The van der Waals surface area contributed by atoms with E-state index in [9.17, 15) is 13.2 Å². The fourth-order valence-electron chi connectivity index (χ4n) is 4.64. The van der Waals surface area contributed by atoms with Gasteiger partial charge in [0, 0.05) is 48.8 Å². The van der Waals surface area contributed by atoms with E-state index in [1.165, 1.54) is 10.4 Å². The second-order valence-corrected chi connectivity index (χ2v) is 11.8. The van der Waals surface area contributed by atoms with Crippen LogP contribution < -0.4 is 15.4 Å². The molecule has 0 radical (unpaired) electrons. The van der Waals surface area contributed by atoms with Crippen molar-refractivity contribution in [2.24, 2.45) is 5.73 Å². The second-order valence-electron chi connectivity index (χ2n) is 9.52. The second kappa shape index (κ2) is 10.9. The zero-order valence-electron chi connectivity index (χ0n) is 21.6. The molecule has 204 valence electrons. The number of hydrogen-bond donors (Lipinski definition) is 2. The van der Waals surface area contributed by atoms with E-state index in [2.05, 4.69) is 11.1 Å². The standard InChI is InChI=1S/C28H29ClN4O5S/c1-32(2)21-7-3-5-18(13-21)19-6-4-8-22(14-19)38-17-23-16-33(11-12-37-23)39(35,36)27-24-15-20(29)9-10-25(24)31-26(27)28(30)34/h3-10,13-15,23,31H,11-12,16-17H2,1-2H3,(H2,30,34). The fraction of sp³-hybridized carbons (Fsp3) is 0.250. The van der Waals surface area contributed by atoms with E-state index in [1.54, 1.807) is 12.1 Å². The first-order valence-electron chi connectivity index (χ1n) is 12.4. The van der Waals surface area contributed by atoms with E-state index in [0.29, 0.717) is 21.7 Å². The van der Waals surface area contributed by atoms with Crippen LogP contribution in [0, 0.1) is 0 Å². The summed E-state index contributed by atoms with van der Waals surface area (Å²) in [6.07, 6.45) is -0.514. The molecular weight excluding hydrogens is 540 g/mol. The number of halogens is 1. The highest BCUT2D eigenvalue weighted by Crippen LogP contribution is 2.32. The fourth-order valence-corrected chi connectivity index (χ4v) is 6.60. The van der Waals surface area contributed by atoms with Crippen LogP contribution in [0.5, 0.6) is 5.75 Å². The highest BCUT2D eigenvalue weighted by molar-refractivity contribution is 7.89. The number of H-pyrrole nitrogens is 1. The summed E-state index contributed by atoms with van der Waals surface area (Å²) in [4.78, 5) is 16.8. The number of amides is 1. The predicted molar refractivity (Wildman–Crippen MR) is 152 cm³/mol. The lowest BCUT2D eigenvalue weighted by Gasteiger charge is -2.32. The average Bonchev–Trinajstić information content (AvgIpc) is 3.32. The molecule has 1 atom stereocenters. The third kappa shape index (κ3) is 5.60. The largest absolute Gasteiger partial charge is 0.491 e. The molecule has 1 aliphatic heterocycles. The van der Waals surface area contributed by atoms with Crippen LogP contribution >= 0.6 is 11.6 Å². The molecule has 1 unspecified atom stereocenters. The van der Waals surface area contributed by atoms with Crippen molar-refractivity contribution in [2.75, 3.05) is 45.3 Å². The van der Waals surface area contributed by atoms with Gasteiger partial charge in [-0.1, -0.05) is 35.9 Å². The number of carbonyl (C=O) groups excluding carboxylic acids is 1. The van der Waals surface area contributed by atoms with E-state index >= 15 is 0 Å². The van der Waals surface area contributed by atoms with Gasteiger partial charge in [0.2, 0.25) is 10.0 Å². The van der Waals surface area contributed by atoms with Gasteiger partial charge in [-0.15, -0.1) is 0 Å². The lowest BCUT2D eigenvalue weighted by Crippen LogP contribution is -2.47. The molecule has 1 fully saturated rings. The Balaban J connectivity index is 1.33. The number of ether oxygens (including phenoxy) is 2. The maximum Gasteiger partial charge on any atom is 0.266 e. The summed E-state index contributed by atoms with van der Waals surface area (Å²) in [5.41, 5.74) is 8.95. The van der Waals surface area contributed by atoms with E-state index in [4.69, 9.17) is 26.8 Å². The molecule has 0 spiro atoms. The van der Waals surface area contributed by atoms with Crippen molar-refractivity contribution in [1.82, 2.24) is 9.29 Å². The van der Waals surface area contributed by atoms with Crippen molar-refractivity contribution >= 4 is 44.1 Å². The Morgan fingerprint density at radius 3 is 2.62 bits per heavy atom. The van der Waals surface area contributed by atoms with Crippen molar-refractivity contribution in [1.29, 1.82) is 0 Å². The van der Waals surface area contributed by atoms with Crippen LogP contribution in [0.25, 0.3) is 22.0 Å². The van der Waals surface area contributed by atoms with Crippen LogP contribution in [-0.4, -0.2) is 70.1 Å². The summed E-state index contributed by atoms with van der Waals surface area (Å²) in [7, 11) is -0.115. The zero-order valence-corrected chi connectivity index (χ0v) is 23.1. The molecule has 3 aromatic carbocycles. The van der Waals surface area contributed by atoms with Crippen molar-refractivity contribution in [2.45, 2.75) is 11.0 Å². The molecule has 1 aliphatic rings. The Hall–Kier alpha value is -3.57. The first kappa shape index (κ1) is 27.0. The quantitative estimate of drug-likeness (QED) is 0.330. The molecule has 1 saturated heterocycles. The van der Waals surface area contributed by atoms with Crippen molar-refractivity contribution in [3.8, 4) is 16.9 Å². The van der Waals surface area contributed by atoms with Gasteiger partial charge in [0.05, 0.1) is 6.61 Å². The maximum atomic E-state index is 13.8. The van der Waals surface area contributed by atoms with Crippen molar-refractivity contribution < 1.29 is 22.7 Å². The summed E-state index contributed by atoms with van der Waals surface area (Å²) in [5.74, 6) is -0.223. The van der Waals surface area contributed by atoms with Crippen molar-refractivity contribution in [3.05, 3.63) is 77.4 Å². The van der Waals surface area contributed by atoms with E-state index in [0.717, 1.165) is 16.8 Å². The summed E-state index contributed by atoms with van der Waals surface area (Å²) in [6.45, 7) is 0.509. The maximum absolute atomic E-state index is 13.8. The van der Waals surface area contributed by atoms with Crippen LogP contribution in [0.15, 0.2) is 71.6 Å². The SMILES string of the molecule is CN(C)c1cccc(-c2cccc(OCC3CN(S(=O)(=O)c4c(C(N)=O)[nH]c5ccc(Cl)cc45)CCO3)c2)c1. The van der Waals surface area contributed by atoms with E-state index in [1.807, 2.05) is 61.5 Å². The Morgan fingerprint density at radius 1 is 1.13 bits per heavy atom. The molecule has 2 heterocycles. The molecule has 3 N–H and O–H groups in total. The van der Waals surface area contributed by atoms with Gasteiger partial charge in [-0.05, 0) is 53.6 Å². The first-order valence-corrected chi connectivity index (χ1v) is 14.2. The highest BCUT2D eigenvalue weighted by Gasteiger charge is 2.36. The molecule has 9 nitrogen and oxygen atoms in total. The van der Waals surface area contributed by atoms with Gasteiger partial charge < -0.3 is 25.1 Å². The number of aromatic nitrogens is 1. The van der Waals surface area contributed by atoms with Gasteiger partial charge in [-0.25, -0.2) is 8.42 Å². The summed E-state index contributed by atoms with van der Waals surface area (Å²) in [5, 5.41) is 0.656. The lowest BCUT2D eigenvalue weighted by atomic mass is 10.0. The lowest BCUT2D eigenvalue weighted by molar-refractivity contribution is -0.0249. The van der Waals surface area contributed by atoms with Gasteiger partial charge in [0.25, 0.3) is 5.91 Å². The molecule has 5 rings (SSSR count). The molecule has 0 bridgehead atoms. The number of benzene rings is 3. The van der Waals surface area contributed by atoms with Crippen LogP contribution in [0.3, 0.4) is 0 Å². The van der Waals surface area contributed by atoms with Crippen molar-refractivity contribution in [3.63, 3.8) is 0 Å². The van der Waals surface area contributed by atoms with Crippen LogP contribution in [0.4, 0.5) is 5.69 Å². The summed E-state index contributed by atoms with van der Waals surface area (Å²) < 4.78 is 40.7. The molecule has 0 saturated carbocycles. The monoisotopic (exact) mass is 568 g/mol. The number of hydrogen-bond acceptors (Lipinski definition) is 6. The zero-order chi connectivity index (χ0) is 27.7. The topological polar surface area (TPSA) is 118 Å². The Morgan fingerprint density at radius 2 is 1.87 bits per heavy atom. The smallest absolute Gasteiger partial charge is 0.266 e. The molecule has 1 aromatic heterocycles. The number of morpholine rings is 1. The van der Waals surface area contributed by atoms with Gasteiger partial charge in [-0.2, -0.15) is 4.31 Å². The van der Waals surface area contributed by atoms with Gasteiger partial charge in [0.15, 0.2) is 0 Å². The average molecular weight is 569 g/mol. The van der Waals surface area contributed by atoms with Gasteiger partial charge in [0.1, 0.15) is 29.0 Å². The first-order chi connectivity index (χ1) is 18.6. The number of aromatic amines is 1. The molecular formula is C28H29ClN4O5S. The third-order valence-electron chi connectivity index (χ3n) is 6.62. The van der Waals surface area contributed by atoms with Gasteiger partial charge >= 0.3 is 0 Å². The highest BCUT2D eigenvalue weighted by atomic mass is 35.5. The minimum atomic E-state index is -4.10. The number of sulfonamides is 1.